The van der Waals surface area contributed by atoms with Gasteiger partial charge < -0.3 is 15.8 Å². The maximum Gasteiger partial charge on any atom is 0.101 e. The summed E-state index contributed by atoms with van der Waals surface area (Å²) in [5.74, 6) is 0.483. The highest BCUT2D eigenvalue weighted by molar-refractivity contribution is 6.32. The molecule has 2 fully saturated rings. The summed E-state index contributed by atoms with van der Waals surface area (Å²) < 4.78 is 5.65. The molecule has 4 unspecified atom stereocenters. The van der Waals surface area contributed by atoms with Crippen molar-refractivity contribution in [3.63, 3.8) is 0 Å². The SMILES string of the molecule is N#Cc1ccc(NC2C(N)C3CCOC32)cc1Cl. The average Bonchev–Trinajstić information content (AvgIpc) is 2.81. The fourth-order valence-electron chi connectivity index (χ4n) is 2.82. The van der Waals surface area contributed by atoms with Gasteiger partial charge in [0.05, 0.1) is 22.7 Å². The summed E-state index contributed by atoms with van der Waals surface area (Å²) >= 11 is 6.00. The molecule has 0 amide bonds. The van der Waals surface area contributed by atoms with Gasteiger partial charge in [-0.2, -0.15) is 5.26 Å². The van der Waals surface area contributed by atoms with E-state index in [1.54, 1.807) is 12.1 Å². The van der Waals surface area contributed by atoms with Crippen molar-refractivity contribution >= 4 is 17.3 Å². The largest absolute Gasteiger partial charge is 0.378 e. The van der Waals surface area contributed by atoms with Gasteiger partial charge in [-0.3, -0.25) is 0 Å². The molecule has 5 heteroatoms. The summed E-state index contributed by atoms with van der Waals surface area (Å²) in [4.78, 5) is 0. The summed E-state index contributed by atoms with van der Waals surface area (Å²) in [7, 11) is 0. The highest BCUT2D eigenvalue weighted by Gasteiger charge is 2.52. The second-order valence-corrected chi connectivity index (χ2v) is 5.25. The predicted octanol–water partition coefficient (Wildman–Crippen LogP) is 1.74. The number of benzene rings is 1. The van der Waals surface area contributed by atoms with E-state index in [0.29, 0.717) is 16.5 Å². The second kappa shape index (κ2) is 4.43. The van der Waals surface area contributed by atoms with Crippen LogP contribution >= 0.6 is 11.6 Å². The van der Waals surface area contributed by atoms with E-state index in [1.807, 2.05) is 12.1 Å². The minimum atomic E-state index is 0.131. The standard InChI is InChI=1S/C13H14ClN3O/c14-10-5-8(2-1-7(10)6-15)17-12-11(16)9-3-4-18-13(9)12/h1-2,5,9,11-13,17H,3-4,16H2. The van der Waals surface area contributed by atoms with E-state index in [-0.39, 0.29) is 18.2 Å². The van der Waals surface area contributed by atoms with Crippen LogP contribution in [-0.4, -0.2) is 24.8 Å². The van der Waals surface area contributed by atoms with Crippen LogP contribution in [0.1, 0.15) is 12.0 Å². The lowest BCUT2D eigenvalue weighted by molar-refractivity contribution is 0.00538. The number of hydrogen-bond acceptors (Lipinski definition) is 4. The Labute approximate surface area is 111 Å². The quantitative estimate of drug-likeness (QED) is 0.853. The summed E-state index contributed by atoms with van der Waals surface area (Å²) in [5.41, 5.74) is 7.49. The number of hydrogen-bond donors (Lipinski definition) is 2. The Balaban J connectivity index is 1.74. The van der Waals surface area contributed by atoms with E-state index in [9.17, 15) is 0 Å². The van der Waals surface area contributed by atoms with Crippen LogP contribution in [0.4, 0.5) is 5.69 Å². The maximum atomic E-state index is 8.82. The first-order valence-electron chi connectivity index (χ1n) is 6.04. The number of nitrogens with zero attached hydrogens (tertiary/aromatic N) is 1. The van der Waals surface area contributed by atoms with Gasteiger partial charge in [-0.05, 0) is 24.6 Å². The van der Waals surface area contributed by atoms with Crippen molar-refractivity contribution < 1.29 is 4.74 Å². The monoisotopic (exact) mass is 263 g/mol. The number of halogens is 1. The van der Waals surface area contributed by atoms with Crippen LogP contribution in [0.25, 0.3) is 0 Å². The zero-order chi connectivity index (χ0) is 12.7. The van der Waals surface area contributed by atoms with E-state index >= 15 is 0 Å². The maximum absolute atomic E-state index is 8.82. The lowest BCUT2D eigenvalue weighted by atomic mass is 9.72. The van der Waals surface area contributed by atoms with Crippen molar-refractivity contribution in [1.82, 2.24) is 0 Å². The van der Waals surface area contributed by atoms with Crippen LogP contribution < -0.4 is 11.1 Å². The van der Waals surface area contributed by atoms with Crippen molar-refractivity contribution in [1.29, 1.82) is 5.26 Å². The molecule has 2 aliphatic rings. The Morgan fingerprint density at radius 2 is 2.33 bits per heavy atom. The van der Waals surface area contributed by atoms with E-state index in [4.69, 9.17) is 27.3 Å². The molecule has 0 spiro atoms. The average molecular weight is 264 g/mol. The van der Waals surface area contributed by atoms with E-state index in [1.165, 1.54) is 0 Å². The normalized spacial score (nSPS) is 33.4. The molecule has 1 aliphatic heterocycles. The minimum Gasteiger partial charge on any atom is -0.378 e. The van der Waals surface area contributed by atoms with Crippen molar-refractivity contribution in [2.75, 3.05) is 11.9 Å². The summed E-state index contributed by atoms with van der Waals surface area (Å²) in [6.45, 7) is 0.801. The summed E-state index contributed by atoms with van der Waals surface area (Å²) in [5, 5.41) is 12.6. The molecule has 1 aromatic rings. The van der Waals surface area contributed by atoms with Crippen molar-refractivity contribution in [3.8, 4) is 6.07 Å². The molecule has 1 aromatic carbocycles. The molecule has 4 nitrogen and oxygen atoms in total. The minimum absolute atomic E-state index is 0.131. The van der Waals surface area contributed by atoms with Crippen LogP contribution in [0.2, 0.25) is 5.02 Å². The van der Waals surface area contributed by atoms with Crippen molar-refractivity contribution in [2.45, 2.75) is 24.6 Å². The van der Waals surface area contributed by atoms with Crippen molar-refractivity contribution in [2.24, 2.45) is 11.7 Å². The van der Waals surface area contributed by atoms with Gasteiger partial charge in [0.15, 0.2) is 0 Å². The number of rotatable bonds is 2. The molecule has 1 heterocycles. The number of anilines is 1. The molecule has 3 N–H and O–H groups in total. The lowest BCUT2D eigenvalue weighted by Crippen LogP contribution is -2.65. The van der Waals surface area contributed by atoms with Crippen LogP contribution in [0, 0.1) is 17.2 Å². The third-order valence-electron chi connectivity index (χ3n) is 3.87. The molecule has 1 aliphatic carbocycles. The Kier molecular flexibility index (Phi) is 2.90. The van der Waals surface area contributed by atoms with E-state index in [0.717, 1.165) is 18.7 Å². The van der Waals surface area contributed by atoms with Crippen molar-refractivity contribution in [3.05, 3.63) is 28.8 Å². The first-order chi connectivity index (χ1) is 8.70. The number of fused-ring (bicyclic) bond motifs is 1. The fraction of sp³-hybridized carbons (Fsp3) is 0.462. The van der Waals surface area contributed by atoms with E-state index in [2.05, 4.69) is 5.32 Å². The van der Waals surface area contributed by atoms with Crippen LogP contribution in [0.3, 0.4) is 0 Å². The van der Waals surface area contributed by atoms with Gasteiger partial charge in [0.25, 0.3) is 0 Å². The third kappa shape index (κ3) is 1.76. The Morgan fingerprint density at radius 1 is 1.50 bits per heavy atom. The van der Waals surface area contributed by atoms with Crippen LogP contribution in [0.5, 0.6) is 0 Å². The Morgan fingerprint density at radius 3 is 3.06 bits per heavy atom. The van der Waals surface area contributed by atoms with Gasteiger partial charge in [0, 0.05) is 24.3 Å². The van der Waals surface area contributed by atoms with Gasteiger partial charge >= 0.3 is 0 Å². The Hall–Kier alpha value is -1.28. The van der Waals surface area contributed by atoms with E-state index < -0.39 is 0 Å². The number of nitriles is 1. The molecule has 1 saturated carbocycles. The molecule has 18 heavy (non-hydrogen) atoms. The first kappa shape index (κ1) is 11.8. The zero-order valence-corrected chi connectivity index (χ0v) is 10.5. The zero-order valence-electron chi connectivity index (χ0n) is 9.77. The predicted molar refractivity (Wildman–Crippen MR) is 69.4 cm³/mol. The second-order valence-electron chi connectivity index (χ2n) is 4.84. The van der Waals surface area contributed by atoms with Gasteiger partial charge in [-0.15, -0.1) is 0 Å². The molecule has 0 bridgehead atoms. The van der Waals surface area contributed by atoms with Gasteiger partial charge in [-0.1, -0.05) is 11.6 Å². The lowest BCUT2D eigenvalue weighted by Gasteiger charge is -2.46. The number of nitrogens with one attached hydrogen (secondary N) is 1. The smallest absolute Gasteiger partial charge is 0.101 e. The molecular formula is C13H14ClN3O. The van der Waals surface area contributed by atoms with Gasteiger partial charge in [-0.25, -0.2) is 0 Å². The molecule has 1 saturated heterocycles. The third-order valence-corrected chi connectivity index (χ3v) is 4.18. The molecule has 94 valence electrons. The van der Waals surface area contributed by atoms with Gasteiger partial charge in [0.2, 0.25) is 0 Å². The molecular weight excluding hydrogens is 250 g/mol. The topological polar surface area (TPSA) is 71.1 Å². The van der Waals surface area contributed by atoms with Gasteiger partial charge in [0.1, 0.15) is 6.07 Å². The highest BCUT2D eigenvalue weighted by atomic mass is 35.5. The van der Waals surface area contributed by atoms with Crippen LogP contribution in [-0.2, 0) is 4.74 Å². The van der Waals surface area contributed by atoms with Crippen LogP contribution in [0.15, 0.2) is 18.2 Å². The highest BCUT2D eigenvalue weighted by Crippen LogP contribution is 2.39. The summed E-state index contributed by atoms with van der Waals surface area (Å²) in [6, 6.07) is 7.63. The molecule has 3 rings (SSSR count). The Bertz CT molecular complexity index is 513. The molecule has 0 radical (unpaired) electrons. The summed E-state index contributed by atoms with van der Waals surface area (Å²) in [6.07, 6.45) is 1.27. The fourth-order valence-corrected chi connectivity index (χ4v) is 3.04. The molecule has 0 aromatic heterocycles. The number of nitrogens with two attached hydrogens (primary N) is 1. The molecule has 4 atom stereocenters. The first-order valence-corrected chi connectivity index (χ1v) is 6.42. The number of ether oxygens (including phenoxy) is 1.